The molecule has 0 aromatic carbocycles. The number of carbonyl (C=O) groups is 3. The molecule has 1 aliphatic carbocycles. The van der Waals surface area contributed by atoms with Gasteiger partial charge in [0.15, 0.2) is 0 Å². The first-order valence-electron chi connectivity index (χ1n) is 8.97. The predicted octanol–water partition coefficient (Wildman–Crippen LogP) is 2.47. The number of hydrogen-bond donors (Lipinski definition) is 2. The van der Waals surface area contributed by atoms with Crippen molar-refractivity contribution in [1.82, 2.24) is 15.2 Å². The van der Waals surface area contributed by atoms with Crippen LogP contribution in [0.1, 0.15) is 45.6 Å². The third-order valence-electron chi connectivity index (χ3n) is 5.19. The molecule has 2 aliphatic rings. The third-order valence-corrected chi connectivity index (χ3v) is 5.19. The number of aryl methyl sites for hydroxylation is 1. The quantitative estimate of drug-likeness (QED) is 0.812. The van der Waals surface area contributed by atoms with E-state index in [1.54, 1.807) is 12.3 Å². The zero-order chi connectivity index (χ0) is 19.1. The molecule has 0 unspecified atom stereocenters. The minimum Gasteiger partial charge on any atom is -0.323 e. The number of pyridine rings is 1. The Morgan fingerprint density at radius 2 is 2.12 bits per heavy atom. The zero-order valence-corrected chi connectivity index (χ0v) is 15.8. The van der Waals surface area contributed by atoms with E-state index in [1.807, 2.05) is 13.0 Å². The average Bonchev–Trinajstić information content (AvgIpc) is 2.71. The van der Waals surface area contributed by atoms with Crippen LogP contribution < -0.4 is 10.6 Å². The van der Waals surface area contributed by atoms with Gasteiger partial charge in [0.05, 0.1) is 0 Å². The molecule has 26 heavy (non-hydrogen) atoms. The molecule has 2 fully saturated rings. The number of urea groups is 1. The maximum atomic E-state index is 13.0. The fourth-order valence-electron chi connectivity index (χ4n) is 4.58. The summed E-state index contributed by atoms with van der Waals surface area (Å²) in [5.74, 6) is 0.0325. The fourth-order valence-corrected chi connectivity index (χ4v) is 4.58. The summed E-state index contributed by atoms with van der Waals surface area (Å²) in [5.41, 5.74) is -0.110. The molecule has 2 N–H and O–H groups in total. The first kappa shape index (κ1) is 18.4. The SMILES string of the molecule is Cc1cccnc1NC(=O)CN1C(=O)N[C@]2(C[C@H](C)CC(C)(C)C2)C1=O. The van der Waals surface area contributed by atoms with Gasteiger partial charge >= 0.3 is 6.03 Å². The summed E-state index contributed by atoms with van der Waals surface area (Å²) in [7, 11) is 0. The van der Waals surface area contributed by atoms with Gasteiger partial charge in [-0.3, -0.25) is 14.5 Å². The number of rotatable bonds is 3. The first-order chi connectivity index (χ1) is 12.1. The second kappa shape index (κ2) is 6.37. The first-order valence-corrected chi connectivity index (χ1v) is 8.97. The minimum absolute atomic E-state index is 0.0378. The molecule has 0 radical (unpaired) electrons. The van der Waals surface area contributed by atoms with Gasteiger partial charge in [0, 0.05) is 6.20 Å². The molecular weight excluding hydrogens is 332 g/mol. The number of amides is 4. The second-order valence-electron chi connectivity index (χ2n) is 8.48. The van der Waals surface area contributed by atoms with Gasteiger partial charge in [-0.1, -0.05) is 26.8 Å². The van der Waals surface area contributed by atoms with Crippen molar-refractivity contribution in [3.05, 3.63) is 23.9 Å². The second-order valence-corrected chi connectivity index (χ2v) is 8.48. The van der Waals surface area contributed by atoms with Crippen molar-refractivity contribution in [1.29, 1.82) is 0 Å². The van der Waals surface area contributed by atoms with Crippen LogP contribution in [-0.2, 0) is 9.59 Å². The lowest BCUT2D eigenvalue weighted by Crippen LogP contribution is -2.54. The van der Waals surface area contributed by atoms with Gasteiger partial charge in [0.25, 0.3) is 5.91 Å². The molecule has 7 heteroatoms. The lowest BCUT2D eigenvalue weighted by molar-refractivity contribution is -0.136. The topological polar surface area (TPSA) is 91.4 Å². The number of carbonyl (C=O) groups excluding carboxylic acids is 3. The van der Waals surface area contributed by atoms with Crippen LogP contribution in [0.4, 0.5) is 10.6 Å². The Morgan fingerprint density at radius 3 is 2.77 bits per heavy atom. The van der Waals surface area contributed by atoms with Crippen LogP contribution in [0.2, 0.25) is 0 Å². The number of imide groups is 1. The number of anilines is 1. The molecule has 1 aromatic heterocycles. The van der Waals surface area contributed by atoms with Crippen LogP contribution in [0.3, 0.4) is 0 Å². The third kappa shape index (κ3) is 3.43. The van der Waals surface area contributed by atoms with Gasteiger partial charge in [-0.2, -0.15) is 0 Å². The highest BCUT2D eigenvalue weighted by Crippen LogP contribution is 2.46. The van der Waals surface area contributed by atoms with Crippen LogP contribution in [0.25, 0.3) is 0 Å². The van der Waals surface area contributed by atoms with Crippen LogP contribution in [0.5, 0.6) is 0 Å². The highest BCUT2D eigenvalue weighted by molar-refractivity contribution is 6.10. The smallest absolute Gasteiger partial charge is 0.323 e. The Bertz CT molecular complexity index is 761. The molecule has 1 aromatic rings. The average molecular weight is 358 g/mol. The predicted molar refractivity (Wildman–Crippen MR) is 97.4 cm³/mol. The Hall–Kier alpha value is -2.44. The number of aromatic nitrogens is 1. The highest BCUT2D eigenvalue weighted by Gasteiger charge is 2.56. The van der Waals surface area contributed by atoms with Gasteiger partial charge < -0.3 is 10.6 Å². The molecular formula is C19H26N4O3. The molecule has 1 aliphatic heterocycles. The molecule has 3 rings (SSSR count). The maximum absolute atomic E-state index is 13.0. The molecule has 1 spiro atoms. The summed E-state index contributed by atoms with van der Waals surface area (Å²) in [6.07, 6.45) is 3.79. The summed E-state index contributed by atoms with van der Waals surface area (Å²) < 4.78 is 0. The van der Waals surface area contributed by atoms with Crippen LogP contribution >= 0.6 is 0 Å². The molecule has 1 saturated carbocycles. The van der Waals surface area contributed by atoms with Crippen molar-refractivity contribution in [2.75, 3.05) is 11.9 Å². The Balaban J connectivity index is 1.73. The monoisotopic (exact) mass is 358 g/mol. The van der Waals surface area contributed by atoms with Crippen LogP contribution in [0.15, 0.2) is 18.3 Å². The molecule has 2 atom stereocenters. The van der Waals surface area contributed by atoms with E-state index >= 15 is 0 Å². The molecule has 1 saturated heterocycles. The minimum atomic E-state index is -0.889. The van der Waals surface area contributed by atoms with Crippen LogP contribution in [-0.4, -0.2) is 39.8 Å². The molecule has 7 nitrogen and oxygen atoms in total. The van der Waals surface area contributed by atoms with E-state index in [-0.39, 0.29) is 17.9 Å². The summed E-state index contributed by atoms with van der Waals surface area (Å²) in [6, 6.07) is 3.11. The van der Waals surface area contributed by atoms with Gasteiger partial charge in [-0.25, -0.2) is 9.78 Å². The van der Waals surface area contributed by atoms with Gasteiger partial charge in [-0.05, 0) is 49.1 Å². The van der Waals surface area contributed by atoms with Crippen LogP contribution in [0, 0.1) is 18.3 Å². The van der Waals surface area contributed by atoms with Gasteiger partial charge in [0.2, 0.25) is 5.91 Å². The summed E-state index contributed by atoms with van der Waals surface area (Å²) >= 11 is 0. The normalized spacial score (nSPS) is 27.5. The van der Waals surface area contributed by atoms with E-state index in [1.165, 1.54) is 0 Å². The lowest BCUT2D eigenvalue weighted by Gasteiger charge is -2.43. The van der Waals surface area contributed by atoms with Crippen molar-refractivity contribution < 1.29 is 14.4 Å². The highest BCUT2D eigenvalue weighted by atomic mass is 16.2. The Morgan fingerprint density at radius 1 is 1.38 bits per heavy atom. The van der Waals surface area contributed by atoms with Crippen molar-refractivity contribution in [3.63, 3.8) is 0 Å². The molecule has 140 valence electrons. The fraction of sp³-hybridized carbons (Fsp3) is 0.579. The maximum Gasteiger partial charge on any atom is 0.325 e. The lowest BCUT2D eigenvalue weighted by atomic mass is 9.64. The van der Waals surface area contributed by atoms with Crippen molar-refractivity contribution in [2.45, 2.75) is 52.5 Å². The van der Waals surface area contributed by atoms with Crippen molar-refractivity contribution in [3.8, 4) is 0 Å². The van der Waals surface area contributed by atoms with E-state index < -0.39 is 17.5 Å². The molecule has 2 heterocycles. The number of nitrogens with zero attached hydrogens (tertiary/aromatic N) is 2. The summed E-state index contributed by atoms with van der Waals surface area (Å²) in [5, 5.41) is 5.55. The van der Waals surface area contributed by atoms with E-state index in [4.69, 9.17) is 0 Å². The zero-order valence-electron chi connectivity index (χ0n) is 15.8. The van der Waals surface area contributed by atoms with Crippen molar-refractivity contribution in [2.24, 2.45) is 11.3 Å². The van der Waals surface area contributed by atoms with E-state index in [0.717, 1.165) is 16.9 Å². The van der Waals surface area contributed by atoms with E-state index in [2.05, 4.69) is 36.4 Å². The largest absolute Gasteiger partial charge is 0.325 e. The summed E-state index contributed by atoms with van der Waals surface area (Å²) in [4.78, 5) is 42.9. The Kier molecular flexibility index (Phi) is 4.50. The van der Waals surface area contributed by atoms with Gasteiger partial charge in [-0.15, -0.1) is 0 Å². The number of hydrogen-bond acceptors (Lipinski definition) is 4. The van der Waals surface area contributed by atoms with Gasteiger partial charge in [0.1, 0.15) is 17.9 Å². The summed E-state index contributed by atoms with van der Waals surface area (Å²) in [6.45, 7) is 7.85. The molecule has 4 amide bonds. The van der Waals surface area contributed by atoms with E-state index in [0.29, 0.717) is 24.6 Å². The van der Waals surface area contributed by atoms with Crippen molar-refractivity contribution >= 4 is 23.7 Å². The van der Waals surface area contributed by atoms with E-state index in [9.17, 15) is 14.4 Å². The molecule has 0 bridgehead atoms. The Labute approximate surface area is 153 Å². The standard InChI is InChI=1S/C19H26N4O3/c1-12-8-18(3,4)11-19(9-12)16(25)23(17(26)22-19)10-14(24)21-15-13(2)6-5-7-20-15/h5-7,12H,8-11H2,1-4H3,(H,22,26)(H,20,21,24)/t12-,19+/m1/s1. The number of nitrogens with one attached hydrogen (secondary N) is 2.